The number of ether oxygens (including phenoxy) is 1. The Hall–Kier alpha value is -0.740. The Morgan fingerprint density at radius 3 is 2.88 bits per heavy atom. The van der Waals surface area contributed by atoms with Crippen molar-refractivity contribution in [3.63, 3.8) is 0 Å². The van der Waals surface area contributed by atoms with E-state index in [2.05, 4.69) is 35.2 Å². The zero-order valence-corrected chi connectivity index (χ0v) is 11.7. The molecule has 16 heavy (non-hydrogen) atoms. The zero-order chi connectivity index (χ0) is 12.1. The topological polar surface area (TPSA) is 50.1 Å². The average Bonchev–Trinajstić information content (AvgIpc) is 2.25. The van der Waals surface area contributed by atoms with Gasteiger partial charge in [-0.25, -0.2) is 0 Å². The highest BCUT2D eigenvalue weighted by atomic mass is 127. The van der Waals surface area contributed by atoms with Gasteiger partial charge in [0.2, 0.25) is 0 Å². The summed E-state index contributed by atoms with van der Waals surface area (Å²) in [7, 11) is 0. The average molecular weight is 347 g/mol. The third-order valence-electron chi connectivity index (χ3n) is 1.97. The predicted octanol–water partition coefficient (Wildman–Crippen LogP) is 2.56. The van der Waals surface area contributed by atoms with Gasteiger partial charge in [0.25, 0.3) is 0 Å². The van der Waals surface area contributed by atoms with Gasteiger partial charge in [-0.1, -0.05) is 0 Å². The molecule has 0 fully saturated rings. The second kappa shape index (κ2) is 6.11. The van der Waals surface area contributed by atoms with Gasteiger partial charge in [0.15, 0.2) is 0 Å². The molecule has 0 heterocycles. The number of carbonyl (C=O) groups excluding carboxylic acids is 1. The quantitative estimate of drug-likeness (QED) is 0.519. The highest BCUT2D eigenvalue weighted by Crippen LogP contribution is 2.24. The van der Waals surface area contributed by atoms with Crippen molar-refractivity contribution < 1.29 is 9.53 Å². The molecule has 0 aliphatic heterocycles. The van der Waals surface area contributed by atoms with Crippen LogP contribution in [0, 0.1) is 14.9 Å². The number of rotatable bonds is 3. The van der Waals surface area contributed by atoms with Gasteiger partial charge in [0.05, 0.1) is 18.6 Å². The lowest BCUT2D eigenvalue weighted by Crippen LogP contribution is -2.09. The van der Waals surface area contributed by atoms with Crippen molar-refractivity contribution >= 4 is 41.2 Å². The van der Waals surface area contributed by atoms with Crippen LogP contribution in [0.2, 0.25) is 0 Å². The minimum absolute atomic E-state index is 0.153. The van der Waals surface area contributed by atoms with E-state index in [1.165, 1.54) is 0 Å². The molecule has 0 aromatic heterocycles. The van der Waals surface area contributed by atoms with Crippen LogP contribution in [0.3, 0.4) is 0 Å². The van der Waals surface area contributed by atoms with E-state index in [4.69, 9.17) is 10.00 Å². The van der Waals surface area contributed by atoms with Gasteiger partial charge in [-0.15, -0.1) is 12.6 Å². The zero-order valence-electron chi connectivity index (χ0n) is 8.66. The maximum Gasteiger partial charge on any atom is 0.310 e. The number of benzene rings is 1. The van der Waals surface area contributed by atoms with Gasteiger partial charge in [-0.3, -0.25) is 4.79 Å². The Labute approximate surface area is 113 Å². The molecule has 0 N–H and O–H groups in total. The van der Waals surface area contributed by atoms with Gasteiger partial charge >= 0.3 is 5.97 Å². The number of hydrogen-bond acceptors (Lipinski definition) is 4. The van der Waals surface area contributed by atoms with Crippen molar-refractivity contribution in [3.8, 4) is 6.07 Å². The lowest BCUT2D eigenvalue weighted by molar-refractivity contribution is -0.142. The normalized spacial score (nSPS) is 9.62. The van der Waals surface area contributed by atoms with Gasteiger partial charge in [0.1, 0.15) is 6.07 Å². The molecule has 0 atom stereocenters. The molecule has 5 heteroatoms. The first-order valence-corrected chi connectivity index (χ1v) is 6.18. The van der Waals surface area contributed by atoms with Crippen molar-refractivity contribution in [1.29, 1.82) is 5.26 Å². The highest BCUT2D eigenvalue weighted by Gasteiger charge is 2.13. The van der Waals surface area contributed by atoms with Crippen LogP contribution < -0.4 is 0 Å². The molecule has 0 amide bonds. The SMILES string of the molecule is CCOC(=O)Cc1c(I)ccc(C#N)c1S. The van der Waals surface area contributed by atoms with Crippen LogP contribution in [0.25, 0.3) is 0 Å². The molecule has 0 radical (unpaired) electrons. The minimum atomic E-state index is -0.300. The molecular formula is C11H10INO2S. The number of esters is 1. The smallest absolute Gasteiger partial charge is 0.310 e. The van der Waals surface area contributed by atoms with Crippen molar-refractivity contribution in [2.45, 2.75) is 18.2 Å². The molecule has 0 spiro atoms. The number of nitrogens with zero attached hydrogens (tertiary/aromatic N) is 1. The largest absolute Gasteiger partial charge is 0.466 e. The number of carbonyl (C=O) groups is 1. The molecule has 1 aromatic carbocycles. The summed E-state index contributed by atoms with van der Waals surface area (Å²) in [5.74, 6) is -0.300. The van der Waals surface area contributed by atoms with Gasteiger partial charge in [0, 0.05) is 8.47 Å². The van der Waals surface area contributed by atoms with Crippen LogP contribution in [0.4, 0.5) is 0 Å². The van der Waals surface area contributed by atoms with Gasteiger partial charge < -0.3 is 4.74 Å². The summed E-state index contributed by atoms with van der Waals surface area (Å²) >= 11 is 6.38. The van der Waals surface area contributed by atoms with E-state index in [0.717, 1.165) is 9.13 Å². The molecule has 0 saturated heterocycles. The first kappa shape index (κ1) is 13.3. The number of nitriles is 1. The first-order valence-electron chi connectivity index (χ1n) is 4.66. The molecule has 0 saturated carbocycles. The van der Waals surface area contributed by atoms with Crippen molar-refractivity contribution in [2.75, 3.05) is 6.61 Å². The van der Waals surface area contributed by atoms with Gasteiger partial charge in [-0.05, 0) is 47.2 Å². The monoisotopic (exact) mass is 347 g/mol. The van der Waals surface area contributed by atoms with E-state index in [1.807, 2.05) is 6.07 Å². The molecule has 0 aliphatic carbocycles. The maximum atomic E-state index is 11.4. The molecular weight excluding hydrogens is 337 g/mol. The van der Waals surface area contributed by atoms with Crippen LogP contribution in [-0.4, -0.2) is 12.6 Å². The lowest BCUT2D eigenvalue weighted by atomic mass is 10.1. The summed E-state index contributed by atoms with van der Waals surface area (Å²) in [5.41, 5.74) is 1.23. The van der Waals surface area contributed by atoms with Crippen LogP contribution in [0.1, 0.15) is 18.1 Å². The third-order valence-corrected chi connectivity index (χ3v) is 3.49. The Bertz CT molecular complexity index is 454. The second-order valence-electron chi connectivity index (χ2n) is 3.02. The summed E-state index contributed by atoms with van der Waals surface area (Å²) in [6.07, 6.45) is 0.153. The fraction of sp³-hybridized carbons (Fsp3) is 0.273. The molecule has 84 valence electrons. The predicted molar refractivity (Wildman–Crippen MR) is 71.5 cm³/mol. The summed E-state index contributed by atoms with van der Waals surface area (Å²) < 4.78 is 5.78. The standard InChI is InChI=1S/C11H10INO2S/c1-2-15-10(14)5-8-9(12)4-3-7(6-13)11(8)16/h3-4,16H,2,5H2,1H3. The summed E-state index contributed by atoms with van der Waals surface area (Å²) in [6.45, 7) is 2.12. The third kappa shape index (κ3) is 3.12. The summed E-state index contributed by atoms with van der Waals surface area (Å²) in [4.78, 5) is 11.9. The Balaban J connectivity index is 3.04. The van der Waals surface area contributed by atoms with E-state index in [0.29, 0.717) is 17.1 Å². The molecule has 0 bridgehead atoms. The first-order chi connectivity index (χ1) is 7.60. The summed E-state index contributed by atoms with van der Waals surface area (Å²) in [5, 5.41) is 8.85. The second-order valence-corrected chi connectivity index (χ2v) is 4.63. The van der Waals surface area contributed by atoms with Crippen LogP contribution in [-0.2, 0) is 16.0 Å². The minimum Gasteiger partial charge on any atom is -0.466 e. The van der Waals surface area contributed by atoms with E-state index < -0.39 is 0 Å². The van der Waals surface area contributed by atoms with Crippen molar-refractivity contribution in [2.24, 2.45) is 0 Å². The van der Waals surface area contributed by atoms with E-state index in [1.54, 1.807) is 19.1 Å². The van der Waals surface area contributed by atoms with E-state index in [-0.39, 0.29) is 12.4 Å². The van der Waals surface area contributed by atoms with Crippen molar-refractivity contribution in [3.05, 3.63) is 26.8 Å². The van der Waals surface area contributed by atoms with Crippen LogP contribution in [0.15, 0.2) is 17.0 Å². The summed E-state index contributed by atoms with van der Waals surface area (Å²) in [6, 6.07) is 5.53. The maximum absolute atomic E-state index is 11.4. The molecule has 1 aromatic rings. The van der Waals surface area contributed by atoms with Gasteiger partial charge in [-0.2, -0.15) is 5.26 Å². The lowest BCUT2D eigenvalue weighted by Gasteiger charge is -2.08. The van der Waals surface area contributed by atoms with Crippen LogP contribution in [0.5, 0.6) is 0 Å². The molecule has 0 aliphatic rings. The van der Waals surface area contributed by atoms with E-state index >= 15 is 0 Å². The Morgan fingerprint density at radius 1 is 1.62 bits per heavy atom. The molecule has 0 unspecified atom stereocenters. The fourth-order valence-corrected chi connectivity index (χ4v) is 2.40. The van der Waals surface area contributed by atoms with Crippen LogP contribution >= 0.6 is 35.2 Å². The molecule has 1 rings (SSSR count). The fourth-order valence-electron chi connectivity index (χ4n) is 1.23. The molecule has 3 nitrogen and oxygen atoms in total. The Kier molecular flexibility index (Phi) is 5.09. The Morgan fingerprint density at radius 2 is 2.31 bits per heavy atom. The van der Waals surface area contributed by atoms with E-state index in [9.17, 15) is 4.79 Å². The number of halogens is 1. The van der Waals surface area contributed by atoms with Crippen molar-refractivity contribution in [1.82, 2.24) is 0 Å². The number of hydrogen-bond donors (Lipinski definition) is 1. The highest BCUT2D eigenvalue weighted by molar-refractivity contribution is 14.1. The number of thiol groups is 1.